The fraction of sp³-hybridized carbons (Fsp3) is 0.672. The first-order chi connectivity index (χ1) is 32.6. The van der Waals surface area contributed by atoms with Crippen LogP contribution in [-0.4, -0.2) is 82.3 Å². The van der Waals surface area contributed by atoms with Gasteiger partial charge >= 0.3 is 11.9 Å². The molecule has 0 spiro atoms. The highest BCUT2D eigenvalue weighted by atomic mass is 16.7. The summed E-state index contributed by atoms with van der Waals surface area (Å²) in [7, 11) is 5.89. The molecule has 67 heavy (non-hydrogen) atoms. The van der Waals surface area contributed by atoms with E-state index in [2.05, 4.69) is 105 Å². The van der Waals surface area contributed by atoms with E-state index in [0.29, 0.717) is 23.9 Å². The Labute approximate surface area is 410 Å². The SMILES string of the molecule is CC/C=C\C/C=C\C/C=C\C/C=C\C/C=C\CCCC(=O)OC(COC(=O)CCCCCCCCCCCC/C=C\C/C=C\C/C=C\CCCCCCC)COC(OCC[N+](C)(C)C)C(=O)[O-]. The molecule has 0 saturated carbocycles. The van der Waals surface area contributed by atoms with Gasteiger partial charge < -0.3 is 33.3 Å². The van der Waals surface area contributed by atoms with E-state index in [1.807, 2.05) is 27.2 Å². The van der Waals surface area contributed by atoms with Crippen LogP contribution in [0.15, 0.2) is 97.2 Å². The van der Waals surface area contributed by atoms with Crippen LogP contribution in [0.1, 0.15) is 194 Å². The number of esters is 2. The van der Waals surface area contributed by atoms with Gasteiger partial charge in [-0.1, -0.05) is 188 Å². The normalized spacial score (nSPS) is 13.6. The molecule has 0 bridgehead atoms. The number of ether oxygens (including phenoxy) is 4. The molecule has 0 amide bonds. The van der Waals surface area contributed by atoms with Gasteiger partial charge in [0.2, 0.25) is 0 Å². The molecule has 382 valence electrons. The molecule has 2 unspecified atom stereocenters. The minimum absolute atomic E-state index is 0.131. The molecule has 0 aliphatic rings. The number of carbonyl (C=O) groups excluding carboxylic acids is 3. The Balaban J connectivity index is 4.38. The van der Waals surface area contributed by atoms with Gasteiger partial charge in [-0.15, -0.1) is 0 Å². The molecular weight excluding hydrogens is 839 g/mol. The van der Waals surface area contributed by atoms with E-state index in [9.17, 15) is 19.5 Å². The van der Waals surface area contributed by atoms with Crippen molar-refractivity contribution >= 4 is 17.9 Å². The maximum Gasteiger partial charge on any atom is 0.306 e. The fourth-order valence-electron chi connectivity index (χ4n) is 6.75. The van der Waals surface area contributed by atoms with E-state index >= 15 is 0 Å². The standard InChI is InChI=1S/C58H97NO8/c1-6-8-10-12-14-16-18-20-22-24-25-26-27-28-29-30-31-33-34-36-38-40-42-44-46-48-55(60)65-52-54(53-66-58(57(62)63)64-51-50-59(3,4)5)67-56(61)49-47-45-43-41-39-37-35-32-23-21-19-17-15-13-11-9-7-2/h9,11,15,17-18,20-21,23-25,27-28,35,37,41,43,54,58H,6-8,10,12-14,16,19,22,26,29-34,36,38-40,42,44-53H2,1-5H3/b11-9-,17-15-,20-18-,23-21-,25-24-,28-27-,37-35-,43-41-. The van der Waals surface area contributed by atoms with E-state index in [1.54, 1.807) is 0 Å². The van der Waals surface area contributed by atoms with Gasteiger partial charge in [-0.2, -0.15) is 0 Å². The zero-order valence-electron chi connectivity index (χ0n) is 43.2. The number of unbranched alkanes of at least 4 members (excludes halogenated alkanes) is 16. The zero-order valence-corrected chi connectivity index (χ0v) is 43.2. The van der Waals surface area contributed by atoms with E-state index in [4.69, 9.17) is 18.9 Å². The average Bonchev–Trinajstić information content (AvgIpc) is 3.29. The number of hydrogen-bond acceptors (Lipinski definition) is 8. The summed E-state index contributed by atoms with van der Waals surface area (Å²) >= 11 is 0. The second kappa shape index (κ2) is 48.7. The summed E-state index contributed by atoms with van der Waals surface area (Å²) in [5, 5.41) is 11.7. The predicted octanol–water partition coefficient (Wildman–Crippen LogP) is 13.7. The lowest BCUT2D eigenvalue weighted by atomic mass is 10.1. The Hall–Kier alpha value is -3.79. The monoisotopic (exact) mass is 936 g/mol. The van der Waals surface area contributed by atoms with Crippen molar-refractivity contribution in [1.29, 1.82) is 0 Å². The van der Waals surface area contributed by atoms with Gasteiger partial charge in [-0.05, 0) is 89.9 Å². The summed E-state index contributed by atoms with van der Waals surface area (Å²) < 4.78 is 22.6. The first kappa shape index (κ1) is 63.2. The number of likely N-dealkylation sites (N-methyl/N-ethyl adjacent to an activating group) is 1. The quantitative estimate of drug-likeness (QED) is 0.0195. The maximum absolute atomic E-state index is 12.8. The number of nitrogens with zero attached hydrogens (tertiary/aromatic N) is 1. The van der Waals surface area contributed by atoms with Crippen LogP contribution in [-0.2, 0) is 33.3 Å². The van der Waals surface area contributed by atoms with E-state index < -0.39 is 24.3 Å². The number of allylic oxidation sites excluding steroid dienone is 16. The second-order valence-electron chi connectivity index (χ2n) is 18.4. The van der Waals surface area contributed by atoms with Gasteiger partial charge in [0.15, 0.2) is 12.4 Å². The third-order valence-electron chi connectivity index (χ3n) is 10.8. The maximum atomic E-state index is 12.8. The molecule has 0 aliphatic carbocycles. The average molecular weight is 936 g/mol. The number of rotatable bonds is 47. The molecular formula is C58H97NO8. The lowest BCUT2D eigenvalue weighted by Gasteiger charge is -2.26. The Bertz CT molecular complexity index is 1420. The summed E-state index contributed by atoms with van der Waals surface area (Å²) in [6.07, 6.45) is 61.7. The molecule has 0 aromatic heterocycles. The largest absolute Gasteiger partial charge is 0.545 e. The van der Waals surface area contributed by atoms with Crippen LogP contribution in [0.25, 0.3) is 0 Å². The molecule has 0 radical (unpaired) electrons. The van der Waals surface area contributed by atoms with E-state index in [1.165, 1.54) is 77.0 Å². The summed E-state index contributed by atoms with van der Waals surface area (Å²) in [5.41, 5.74) is 0. The Morgan fingerprint density at radius 3 is 1.31 bits per heavy atom. The molecule has 9 nitrogen and oxygen atoms in total. The van der Waals surface area contributed by atoms with Gasteiger partial charge in [0.1, 0.15) is 13.2 Å². The first-order valence-corrected chi connectivity index (χ1v) is 26.4. The van der Waals surface area contributed by atoms with Crippen LogP contribution in [0.3, 0.4) is 0 Å². The van der Waals surface area contributed by atoms with Crippen molar-refractivity contribution in [1.82, 2.24) is 0 Å². The van der Waals surface area contributed by atoms with Crippen LogP contribution in [0, 0.1) is 0 Å². The molecule has 2 atom stereocenters. The number of quaternary nitrogens is 1. The van der Waals surface area contributed by atoms with Crippen LogP contribution < -0.4 is 5.11 Å². The topological polar surface area (TPSA) is 111 Å². The van der Waals surface area contributed by atoms with Crippen molar-refractivity contribution in [3.63, 3.8) is 0 Å². The second-order valence-corrected chi connectivity index (χ2v) is 18.4. The van der Waals surface area contributed by atoms with Gasteiger partial charge in [0, 0.05) is 12.8 Å². The van der Waals surface area contributed by atoms with Crippen LogP contribution in [0.5, 0.6) is 0 Å². The number of carboxylic acids is 1. The fourth-order valence-corrected chi connectivity index (χ4v) is 6.75. The Morgan fingerprint density at radius 1 is 0.463 bits per heavy atom. The van der Waals surface area contributed by atoms with Crippen LogP contribution in [0.2, 0.25) is 0 Å². The van der Waals surface area contributed by atoms with Gasteiger partial charge in [0.05, 0.1) is 40.3 Å². The lowest BCUT2D eigenvalue weighted by Crippen LogP contribution is -2.44. The van der Waals surface area contributed by atoms with Gasteiger partial charge in [-0.25, -0.2) is 0 Å². The minimum Gasteiger partial charge on any atom is -0.545 e. The highest BCUT2D eigenvalue weighted by molar-refractivity contribution is 5.70. The van der Waals surface area contributed by atoms with Crippen molar-refractivity contribution in [2.75, 3.05) is 47.5 Å². The highest BCUT2D eigenvalue weighted by Gasteiger charge is 2.21. The summed E-state index contributed by atoms with van der Waals surface area (Å²) in [6.45, 7) is 4.53. The van der Waals surface area contributed by atoms with Crippen molar-refractivity contribution < 1.29 is 42.9 Å². The third kappa shape index (κ3) is 49.9. The van der Waals surface area contributed by atoms with E-state index in [0.717, 1.165) is 77.0 Å². The minimum atomic E-state index is -1.64. The predicted molar refractivity (Wildman–Crippen MR) is 278 cm³/mol. The molecule has 0 fully saturated rings. The van der Waals surface area contributed by atoms with E-state index in [-0.39, 0.29) is 38.6 Å². The molecule has 0 aromatic carbocycles. The van der Waals surface area contributed by atoms with Crippen molar-refractivity contribution in [3.05, 3.63) is 97.2 Å². The summed E-state index contributed by atoms with van der Waals surface area (Å²) in [4.78, 5) is 37.1. The molecule has 0 aliphatic heterocycles. The van der Waals surface area contributed by atoms with Crippen LogP contribution in [0.4, 0.5) is 0 Å². The summed E-state index contributed by atoms with van der Waals surface area (Å²) in [5.74, 6) is -2.38. The first-order valence-electron chi connectivity index (χ1n) is 26.4. The third-order valence-corrected chi connectivity index (χ3v) is 10.8. The number of hydrogen-bond donors (Lipinski definition) is 0. The number of carbonyl (C=O) groups is 3. The molecule has 0 N–H and O–H groups in total. The van der Waals surface area contributed by atoms with Gasteiger partial charge in [0.25, 0.3) is 0 Å². The van der Waals surface area contributed by atoms with Crippen molar-refractivity contribution in [2.45, 2.75) is 206 Å². The van der Waals surface area contributed by atoms with Crippen molar-refractivity contribution in [3.8, 4) is 0 Å². The highest BCUT2D eigenvalue weighted by Crippen LogP contribution is 2.14. The Kier molecular flexibility index (Phi) is 45.9. The van der Waals surface area contributed by atoms with Crippen molar-refractivity contribution in [2.24, 2.45) is 0 Å². The lowest BCUT2D eigenvalue weighted by molar-refractivity contribution is -0.870. The zero-order chi connectivity index (χ0) is 49.2. The molecule has 0 heterocycles. The van der Waals surface area contributed by atoms with Crippen LogP contribution >= 0.6 is 0 Å². The Morgan fingerprint density at radius 2 is 0.866 bits per heavy atom. The van der Waals surface area contributed by atoms with Gasteiger partial charge in [-0.3, -0.25) is 9.59 Å². The molecule has 0 aromatic rings. The smallest absolute Gasteiger partial charge is 0.306 e. The summed E-state index contributed by atoms with van der Waals surface area (Å²) in [6, 6.07) is 0. The molecule has 0 saturated heterocycles. The molecule has 9 heteroatoms. The number of aliphatic carboxylic acids is 1. The molecule has 0 rings (SSSR count). The number of carboxylic acid groups (broad SMARTS) is 1.